The van der Waals surface area contributed by atoms with Gasteiger partial charge in [-0.1, -0.05) is 97.6 Å². The van der Waals surface area contributed by atoms with Gasteiger partial charge in [-0.15, -0.1) is 11.6 Å². The maximum absolute atomic E-state index is 3.65. The normalized spacial score (nSPS) is 18.6. The zero-order chi connectivity index (χ0) is 33.1. The topological polar surface area (TPSA) is 0 Å². The third-order valence-corrected chi connectivity index (χ3v) is 12.7. The van der Waals surface area contributed by atoms with E-state index >= 15 is 0 Å². The smallest absolute Gasteiger partial charge is 1.00 e. The zero-order valence-corrected chi connectivity index (χ0v) is 35.4. The number of fused-ring (bicyclic) bond motifs is 5. The Hall–Kier alpha value is -1.83. The van der Waals surface area contributed by atoms with Crippen molar-refractivity contribution in [2.24, 2.45) is 5.92 Å². The molecule has 0 nitrogen and oxygen atoms in total. The van der Waals surface area contributed by atoms with Crippen LogP contribution in [0.1, 0.15) is 99.9 Å². The van der Waals surface area contributed by atoms with Gasteiger partial charge in [0.15, 0.2) is 0 Å². The van der Waals surface area contributed by atoms with Crippen LogP contribution < -0.4 is 24.8 Å². The van der Waals surface area contributed by atoms with Crippen LogP contribution in [0.4, 0.5) is 0 Å². The third-order valence-electron chi connectivity index (χ3n) is 9.75. The Morgan fingerprint density at radius 2 is 1.32 bits per heavy atom. The molecule has 0 radical (unpaired) electrons. The molecule has 0 N–H and O–H groups in total. The average molecular weight is 757 g/mol. The van der Waals surface area contributed by atoms with Crippen LogP contribution in [0.25, 0.3) is 22.3 Å². The van der Waals surface area contributed by atoms with Gasteiger partial charge in [0.25, 0.3) is 0 Å². The molecule has 0 spiro atoms. The van der Waals surface area contributed by atoms with E-state index in [9.17, 15) is 0 Å². The van der Waals surface area contributed by atoms with E-state index in [4.69, 9.17) is 0 Å². The molecule has 0 saturated carbocycles. The van der Waals surface area contributed by atoms with Gasteiger partial charge in [0.2, 0.25) is 0 Å². The van der Waals surface area contributed by atoms with Crippen LogP contribution in [0, 0.1) is 25.0 Å². The summed E-state index contributed by atoms with van der Waals surface area (Å²) < 4.78 is 2.19. The van der Waals surface area contributed by atoms with Gasteiger partial charge in [-0.25, -0.2) is 16.3 Å². The molecule has 0 aromatic heterocycles. The van der Waals surface area contributed by atoms with Crippen molar-refractivity contribution in [3.63, 3.8) is 0 Å². The van der Waals surface area contributed by atoms with Crippen LogP contribution >= 0.6 is 0 Å². The molecular weight excluding hydrogens is 707 g/mol. The molecule has 1 atom stereocenters. The summed E-state index contributed by atoms with van der Waals surface area (Å²) in [6.07, 6.45) is 12.9. The Kier molecular flexibility index (Phi) is 12.3. The number of rotatable bonds is 2. The van der Waals surface area contributed by atoms with Gasteiger partial charge in [-0.05, 0) is 66.4 Å². The molecule has 0 amide bonds. The van der Waals surface area contributed by atoms with Gasteiger partial charge < -0.3 is 24.8 Å². The predicted molar refractivity (Wildman–Crippen MR) is 196 cm³/mol. The fraction of sp³-hybridized carbons (Fsp3) is 0.372. The number of benzene rings is 3. The summed E-state index contributed by atoms with van der Waals surface area (Å²) in [5.74, 6) is 0.553. The Morgan fingerprint density at radius 3 is 1.81 bits per heavy atom. The maximum atomic E-state index is 3.65. The molecule has 47 heavy (non-hydrogen) atoms. The zero-order valence-electron chi connectivity index (χ0n) is 30.4. The molecule has 1 unspecified atom stereocenters. The first kappa shape index (κ1) is 39.6. The summed E-state index contributed by atoms with van der Waals surface area (Å²) in [5, 5.41) is 1.60. The van der Waals surface area contributed by atoms with Crippen molar-refractivity contribution in [2.45, 2.75) is 99.2 Å². The van der Waals surface area contributed by atoms with Crippen LogP contribution in [0.5, 0.6) is 0 Å². The van der Waals surface area contributed by atoms with E-state index in [0.29, 0.717) is 5.92 Å². The fourth-order valence-electron chi connectivity index (χ4n) is 7.59. The van der Waals surface area contributed by atoms with Crippen molar-refractivity contribution in [1.82, 2.24) is 0 Å². The van der Waals surface area contributed by atoms with E-state index < -0.39 is 8.07 Å². The summed E-state index contributed by atoms with van der Waals surface area (Å²) in [4.78, 5) is 0. The monoisotopic (exact) mass is 754 g/mol. The van der Waals surface area contributed by atoms with Crippen molar-refractivity contribution >= 4 is 22.9 Å². The van der Waals surface area contributed by atoms with E-state index in [2.05, 4.69) is 158 Å². The molecule has 246 valence electrons. The molecule has 0 saturated heterocycles. The minimum atomic E-state index is -1.07. The summed E-state index contributed by atoms with van der Waals surface area (Å²) >= 11 is 1.47. The molecule has 7 rings (SSSR count). The van der Waals surface area contributed by atoms with Crippen LogP contribution in [0.15, 0.2) is 71.5 Å². The molecule has 3 aromatic carbocycles. The number of hydrogen-bond donors (Lipinski definition) is 0. The second kappa shape index (κ2) is 14.6. The minimum absolute atomic E-state index is 0. The van der Waals surface area contributed by atoms with Gasteiger partial charge >= 0.3 is 70.3 Å². The van der Waals surface area contributed by atoms with Gasteiger partial charge in [0.05, 0.1) is 0 Å². The van der Waals surface area contributed by atoms with Crippen molar-refractivity contribution < 1.29 is 49.0 Å². The number of allylic oxidation sites excluding steroid dienone is 8. The summed E-state index contributed by atoms with van der Waals surface area (Å²) in [6, 6.07) is 18.4. The molecule has 0 fully saturated rings. The van der Waals surface area contributed by atoms with Crippen molar-refractivity contribution in [1.29, 1.82) is 0 Å². The summed E-state index contributed by atoms with van der Waals surface area (Å²) in [7, 11) is -1.07. The first-order chi connectivity index (χ1) is 20.9. The number of aryl methyl sites for hydroxylation is 1. The minimum Gasteiger partial charge on any atom is -1.00 e. The standard InChI is InChI=1S/C25H25.C10H17Si.C8H8.2ClH.Zr/c1-14-12-24(3,4)22-8-16-7-17-9-23-19(15(2)13-25(23,5)6)11-21(17)20(16)10-18(14)22;1-8-6-9(2)10(7-8)11(3,4)5;1-7-3-5-8(2)6-4-7;;;/h8-12H,7H2,1-6H3;7-8H,1-5H3;1,3-6H,2H3;2*1H;/q2*-1;;;;+2/p-2. The molecule has 0 bridgehead atoms. The van der Waals surface area contributed by atoms with E-state index in [-0.39, 0.29) is 35.6 Å². The Labute approximate surface area is 314 Å². The van der Waals surface area contributed by atoms with Gasteiger partial charge in [0.1, 0.15) is 0 Å². The van der Waals surface area contributed by atoms with Crippen LogP contribution in [-0.2, 0) is 41.5 Å². The second-order valence-electron chi connectivity index (χ2n) is 15.7. The van der Waals surface area contributed by atoms with Gasteiger partial charge in [-0.3, -0.25) is 12.2 Å². The first-order valence-electron chi connectivity index (χ1n) is 16.5. The number of hydrogen-bond acceptors (Lipinski definition) is 0. The average Bonchev–Trinajstić information content (AvgIpc) is 3.62. The van der Waals surface area contributed by atoms with Gasteiger partial charge in [0, 0.05) is 5.41 Å². The molecular formula is C43H50Cl2SiZr-2. The van der Waals surface area contributed by atoms with Crippen molar-refractivity contribution in [2.75, 3.05) is 0 Å². The molecule has 4 aliphatic rings. The Bertz CT molecular complexity index is 1720. The van der Waals surface area contributed by atoms with Crippen LogP contribution in [0.2, 0.25) is 19.6 Å². The molecule has 0 aliphatic heterocycles. The second-order valence-corrected chi connectivity index (χ2v) is 21.4. The molecule has 0 heterocycles. The third kappa shape index (κ3) is 8.15. The summed E-state index contributed by atoms with van der Waals surface area (Å²) in [5.41, 5.74) is 18.6. The van der Waals surface area contributed by atoms with E-state index in [1.165, 1.54) is 96.6 Å². The van der Waals surface area contributed by atoms with Crippen LogP contribution in [0.3, 0.4) is 0 Å². The number of halogens is 2. The van der Waals surface area contributed by atoms with E-state index in [1.54, 1.807) is 5.20 Å². The molecule has 4 aliphatic carbocycles. The van der Waals surface area contributed by atoms with Crippen LogP contribution in [-0.4, -0.2) is 11.8 Å². The van der Waals surface area contributed by atoms with E-state index in [0.717, 1.165) is 6.42 Å². The first-order valence-corrected chi connectivity index (χ1v) is 21.4. The summed E-state index contributed by atoms with van der Waals surface area (Å²) in [6.45, 7) is 27.3. The van der Waals surface area contributed by atoms with Gasteiger partial charge in [-0.2, -0.15) is 11.6 Å². The Balaban J connectivity index is 0.000000228. The quantitative estimate of drug-likeness (QED) is 0.192. The van der Waals surface area contributed by atoms with Crippen molar-refractivity contribution in [3.05, 3.63) is 128 Å². The fourth-order valence-corrected chi connectivity index (χ4v) is 10.0. The maximum Gasteiger partial charge on any atom is -1.00 e. The largest absolute Gasteiger partial charge is 1.00 e. The molecule has 3 aromatic rings. The Morgan fingerprint density at radius 1 is 0.766 bits per heavy atom. The van der Waals surface area contributed by atoms with Crippen molar-refractivity contribution in [3.8, 4) is 11.1 Å². The SMILES string of the molecule is CC1=[C-]C(C)(C)c2cc3c(cc21)-c1cc2c(cc1C3)C(C)(C)C=C2C.CC1=[C-]C(C)C=C1[Si](C)(C)C.Cc1ccc([CH]=[Zr+2])cc1.[Cl-].[Cl-]. The molecule has 4 heteroatoms. The predicted octanol–water partition coefficient (Wildman–Crippen LogP) is 5.34. The van der Waals surface area contributed by atoms with E-state index in [1.807, 2.05) is 0 Å².